The number of carbonyl (C=O) groups excluding carboxylic acids is 1. The quantitative estimate of drug-likeness (QED) is 0.650. The molecular formula is C19H17FN2OS2. The maximum absolute atomic E-state index is 14.0. The number of amides is 1. The van der Waals surface area contributed by atoms with Gasteiger partial charge in [-0.05, 0) is 24.6 Å². The number of thioether (sulfide) groups is 1. The van der Waals surface area contributed by atoms with Crippen LogP contribution in [0.1, 0.15) is 27.0 Å². The molecule has 1 fully saturated rings. The summed E-state index contributed by atoms with van der Waals surface area (Å²) in [4.78, 5) is 19.1. The summed E-state index contributed by atoms with van der Waals surface area (Å²) in [7, 11) is 0. The Morgan fingerprint density at radius 3 is 2.76 bits per heavy atom. The Hall–Kier alpha value is -1.92. The Morgan fingerprint density at radius 2 is 1.92 bits per heavy atom. The van der Waals surface area contributed by atoms with Gasteiger partial charge in [0.2, 0.25) is 0 Å². The molecule has 0 spiro atoms. The monoisotopic (exact) mass is 372 g/mol. The van der Waals surface area contributed by atoms with E-state index in [4.69, 9.17) is 0 Å². The SMILES string of the molecule is O=C(c1nc2ccccc2s1)N1CCSC(c2ccccc2F)CC1. The standard InChI is InChI=1S/C19H17FN2OS2/c20-14-6-2-1-5-13(14)16-9-10-22(11-12-24-16)19(23)18-21-15-7-3-4-8-17(15)25-18/h1-8,16H,9-12H2. The van der Waals surface area contributed by atoms with E-state index >= 15 is 0 Å². The highest BCUT2D eigenvalue weighted by molar-refractivity contribution is 7.99. The molecule has 3 nitrogen and oxygen atoms in total. The number of thiazole rings is 1. The number of aromatic nitrogens is 1. The fourth-order valence-electron chi connectivity index (χ4n) is 3.06. The molecule has 0 aliphatic carbocycles. The zero-order chi connectivity index (χ0) is 17.2. The summed E-state index contributed by atoms with van der Waals surface area (Å²) in [5, 5.41) is 0.630. The van der Waals surface area contributed by atoms with E-state index < -0.39 is 0 Å². The second-order valence-corrected chi connectivity index (χ2v) is 8.29. The Kier molecular flexibility index (Phi) is 4.72. The summed E-state index contributed by atoms with van der Waals surface area (Å²) < 4.78 is 15.1. The Bertz CT molecular complexity index is 878. The number of halogens is 1. The Balaban J connectivity index is 1.50. The second kappa shape index (κ2) is 7.14. The van der Waals surface area contributed by atoms with Gasteiger partial charge in [0, 0.05) is 29.7 Å². The highest BCUT2D eigenvalue weighted by Crippen LogP contribution is 2.36. The number of rotatable bonds is 2. The van der Waals surface area contributed by atoms with Crippen LogP contribution in [-0.4, -0.2) is 34.6 Å². The van der Waals surface area contributed by atoms with E-state index in [-0.39, 0.29) is 17.0 Å². The van der Waals surface area contributed by atoms with Crippen molar-refractivity contribution in [3.8, 4) is 0 Å². The van der Waals surface area contributed by atoms with Crippen LogP contribution in [0.4, 0.5) is 4.39 Å². The van der Waals surface area contributed by atoms with Crippen LogP contribution in [0.2, 0.25) is 0 Å². The van der Waals surface area contributed by atoms with Crippen LogP contribution in [0, 0.1) is 5.82 Å². The topological polar surface area (TPSA) is 33.2 Å². The highest BCUT2D eigenvalue weighted by Gasteiger charge is 2.25. The summed E-state index contributed by atoms with van der Waals surface area (Å²) in [6.07, 6.45) is 0.752. The van der Waals surface area contributed by atoms with Crippen molar-refractivity contribution in [3.05, 3.63) is 64.9 Å². The summed E-state index contributed by atoms with van der Waals surface area (Å²) in [6.45, 7) is 1.30. The third kappa shape index (κ3) is 3.41. The van der Waals surface area contributed by atoms with Gasteiger partial charge in [0.05, 0.1) is 10.2 Å². The molecule has 1 unspecified atom stereocenters. The first-order valence-electron chi connectivity index (χ1n) is 8.23. The van der Waals surface area contributed by atoms with Crippen molar-refractivity contribution >= 4 is 39.2 Å². The van der Waals surface area contributed by atoms with E-state index in [9.17, 15) is 9.18 Å². The van der Waals surface area contributed by atoms with E-state index in [2.05, 4.69) is 4.98 Å². The van der Waals surface area contributed by atoms with Gasteiger partial charge in [0.15, 0.2) is 5.01 Å². The number of fused-ring (bicyclic) bond motifs is 1. The average Bonchev–Trinajstić information content (AvgIpc) is 2.92. The minimum Gasteiger partial charge on any atom is -0.336 e. The third-order valence-electron chi connectivity index (χ3n) is 4.36. The van der Waals surface area contributed by atoms with Gasteiger partial charge in [-0.2, -0.15) is 11.8 Å². The molecule has 1 amide bonds. The van der Waals surface area contributed by atoms with Crippen molar-refractivity contribution in [2.75, 3.05) is 18.8 Å². The van der Waals surface area contributed by atoms with Crippen molar-refractivity contribution in [2.24, 2.45) is 0 Å². The van der Waals surface area contributed by atoms with Gasteiger partial charge >= 0.3 is 0 Å². The van der Waals surface area contributed by atoms with Crippen molar-refractivity contribution in [1.82, 2.24) is 9.88 Å². The van der Waals surface area contributed by atoms with Gasteiger partial charge in [-0.1, -0.05) is 30.3 Å². The van der Waals surface area contributed by atoms with Gasteiger partial charge in [-0.25, -0.2) is 9.37 Å². The van der Waals surface area contributed by atoms with Gasteiger partial charge < -0.3 is 4.90 Å². The fourth-order valence-corrected chi connectivity index (χ4v) is 5.24. The number of hydrogen-bond donors (Lipinski definition) is 0. The number of nitrogens with zero attached hydrogens (tertiary/aromatic N) is 2. The molecule has 25 heavy (non-hydrogen) atoms. The predicted octanol–water partition coefficient (Wildman–Crippen LogP) is 4.76. The maximum Gasteiger partial charge on any atom is 0.282 e. The molecule has 6 heteroatoms. The Labute approximate surface area is 153 Å². The molecule has 3 aromatic rings. The minimum absolute atomic E-state index is 0.0176. The average molecular weight is 372 g/mol. The summed E-state index contributed by atoms with van der Waals surface area (Å²) in [6, 6.07) is 14.7. The van der Waals surface area contributed by atoms with Crippen molar-refractivity contribution < 1.29 is 9.18 Å². The normalized spacial score (nSPS) is 18.3. The summed E-state index contributed by atoms with van der Waals surface area (Å²) >= 11 is 3.16. The van der Waals surface area contributed by atoms with Gasteiger partial charge in [0.25, 0.3) is 5.91 Å². The lowest BCUT2D eigenvalue weighted by atomic mass is 10.1. The number of benzene rings is 2. The largest absolute Gasteiger partial charge is 0.336 e. The van der Waals surface area contributed by atoms with E-state index in [0.717, 1.165) is 28.0 Å². The molecule has 2 heterocycles. The van der Waals surface area contributed by atoms with E-state index in [0.29, 0.717) is 18.1 Å². The molecule has 1 aromatic heterocycles. The molecule has 0 radical (unpaired) electrons. The molecule has 0 bridgehead atoms. The molecule has 0 saturated carbocycles. The van der Waals surface area contributed by atoms with Crippen LogP contribution in [-0.2, 0) is 0 Å². The highest BCUT2D eigenvalue weighted by atomic mass is 32.2. The third-order valence-corrected chi connectivity index (χ3v) is 6.69. The lowest BCUT2D eigenvalue weighted by Gasteiger charge is -2.19. The molecule has 1 saturated heterocycles. The maximum atomic E-state index is 14.0. The summed E-state index contributed by atoms with van der Waals surface area (Å²) in [5.41, 5.74) is 1.60. The van der Waals surface area contributed by atoms with Gasteiger partial charge in [-0.3, -0.25) is 4.79 Å². The van der Waals surface area contributed by atoms with Gasteiger partial charge in [-0.15, -0.1) is 11.3 Å². The number of carbonyl (C=O) groups is 1. The van der Waals surface area contributed by atoms with Crippen molar-refractivity contribution in [3.63, 3.8) is 0 Å². The zero-order valence-electron chi connectivity index (χ0n) is 13.5. The second-order valence-electron chi connectivity index (χ2n) is 5.95. The molecule has 1 aliphatic heterocycles. The summed E-state index contributed by atoms with van der Waals surface area (Å²) in [5.74, 6) is 0.622. The number of hydrogen-bond acceptors (Lipinski definition) is 4. The zero-order valence-corrected chi connectivity index (χ0v) is 15.2. The first kappa shape index (κ1) is 16.5. The lowest BCUT2D eigenvalue weighted by Crippen LogP contribution is -2.32. The van der Waals surface area contributed by atoms with Crippen molar-refractivity contribution in [2.45, 2.75) is 11.7 Å². The van der Waals surface area contributed by atoms with Crippen LogP contribution in [0.3, 0.4) is 0 Å². The van der Waals surface area contributed by atoms with Crippen LogP contribution < -0.4 is 0 Å². The first-order chi connectivity index (χ1) is 12.2. The molecule has 128 valence electrons. The van der Waals surface area contributed by atoms with Crippen LogP contribution >= 0.6 is 23.1 Å². The van der Waals surface area contributed by atoms with E-state index in [1.54, 1.807) is 17.8 Å². The van der Waals surface area contributed by atoms with E-state index in [1.807, 2.05) is 41.3 Å². The Morgan fingerprint density at radius 1 is 1.12 bits per heavy atom. The van der Waals surface area contributed by atoms with Crippen LogP contribution in [0.5, 0.6) is 0 Å². The fraction of sp³-hybridized carbons (Fsp3) is 0.263. The molecule has 2 aromatic carbocycles. The molecule has 4 rings (SSSR count). The van der Waals surface area contributed by atoms with Crippen molar-refractivity contribution in [1.29, 1.82) is 0 Å². The lowest BCUT2D eigenvalue weighted by molar-refractivity contribution is 0.0766. The van der Waals surface area contributed by atoms with Crippen LogP contribution in [0.25, 0.3) is 10.2 Å². The van der Waals surface area contributed by atoms with E-state index in [1.165, 1.54) is 17.4 Å². The molecule has 1 aliphatic rings. The molecule has 1 atom stereocenters. The first-order valence-corrected chi connectivity index (χ1v) is 10.1. The van der Waals surface area contributed by atoms with Crippen LogP contribution in [0.15, 0.2) is 48.5 Å². The predicted molar refractivity (Wildman–Crippen MR) is 102 cm³/mol. The molecule has 0 N–H and O–H groups in total. The molecular weight excluding hydrogens is 355 g/mol. The number of para-hydroxylation sites is 1. The smallest absolute Gasteiger partial charge is 0.282 e. The minimum atomic E-state index is -0.161. The van der Waals surface area contributed by atoms with Gasteiger partial charge in [0.1, 0.15) is 5.82 Å².